The molecular formula is C12H11F2NOS. The molecule has 1 aromatic heterocycles. The largest absolute Gasteiger partial charge is 0.431 e. The molecule has 0 amide bonds. The Labute approximate surface area is 102 Å². The summed E-state index contributed by atoms with van der Waals surface area (Å²) in [5.41, 5.74) is 2.60. The number of nitrogens with zero attached hydrogens (tertiary/aromatic N) is 1. The number of hydrogen-bond acceptors (Lipinski definition) is 3. The summed E-state index contributed by atoms with van der Waals surface area (Å²) in [6.07, 6.45) is -0.426. The number of benzene rings is 1. The normalized spacial score (nSPS) is 10.8. The molecule has 2 nitrogen and oxygen atoms in total. The van der Waals surface area contributed by atoms with E-state index in [1.54, 1.807) is 0 Å². The van der Waals surface area contributed by atoms with Gasteiger partial charge >= 0.3 is 0 Å². The molecule has 0 saturated carbocycles. The van der Waals surface area contributed by atoms with Gasteiger partial charge in [-0.05, 0) is 31.1 Å². The van der Waals surface area contributed by atoms with E-state index in [0.717, 1.165) is 22.7 Å². The molecule has 1 heterocycles. The molecule has 17 heavy (non-hydrogen) atoms. The van der Waals surface area contributed by atoms with Gasteiger partial charge in [-0.25, -0.2) is 4.98 Å². The molecule has 0 aliphatic rings. The number of para-hydroxylation sites is 1. The second-order valence-electron chi connectivity index (χ2n) is 3.53. The van der Waals surface area contributed by atoms with Crippen molar-refractivity contribution in [3.8, 4) is 0 Å². The smallest absolute Gasteiger partial charge is 0.266 e. The van der Waals surface area contributed by atoms with Gasteiger partial charge in [-0.2, -0.15) is 8.78 Å². The highest BCUT2D eigenvalue weighted by Gasteiger charge is 2.07. The monoisotopic (exact) mass is 255 g/mol. The van der Waals surface area contributed by atoms with Gasteiger partial charge in [-0.1, -0.05) is 23.9 Å². The number of aromatic nitrogens is 1. The molecule has 2 aromatic rings. The first kappa shape index (κ1) is 12.1. The first-order chi connectivity index (χ1) is 8.16. The van der Waals surface area contributed by atoms with Gasteiger partial charge in [0.1, 0.15) is 5.52 Å². The molecule has 90 valence electrons. The predicted molar refractivity (Wildman–Crippen MR) is 64.4 cm³/mol. The Balaban J connectivity index is 2.05. The van der Waals surface area contributed by atoms with Crippen molar-refractivity contribution < 1.29 is 13.2 Å². The lowest BCUT2D eigenvalue weighted by molar-refractivity contribution is 0.418. The summed E-state index contributed by atoms with van der Waals surface area (Å²) in [4.78, 5) is 4.28. The zero-order chi connectivity index (χ0) is 12.3. The lowest BCUT2D eigenvalue weighted by Crippen LogP contribution is -1.76. The van der Waals surface area contributed by atoms with Gasteiger partial charge in [0, 0.05) is 5.75 Å². The molecule has 2 rings (SSSR count). The Morgan fingerprint density at radius 2 is 2.29 bits per heavy atom. The van der Waals surface area contributed by atoms with E-state index in [9.17, 15) is 8.78 Å². The van der Waals surface area contributed by atoms with Crippen LogP contribution in [0.25, 0.3) is 11.1 Å². The molecule has 0 aliphatic heterocycles. The molecule has 0 radical (unpaired) electrons. The molecule has 0 saturated heterocycles. The van der Waals surface area contributed by atoms with Crippen molar-refractivity contribution in [3.63, 3.8) is 0 Å². The number of fused-ring (bicyclic) bond motifs is 1. The summed E-state index contributed by atoms with van der Waals surface area (Å²) >= 11 is 1.34. The van der Waals surface area contributed by atoms with Crippen LogP contribution in [0.1, 0.15) is 12.0 Å². The molecule has 0 aliphatic carbocycles. The second kappa shape index (κ2) is 5.31. The number of thioether (sulfide) groups is 1. The number of rotatable bonds is 4. The van der Waals surface area contributed by atoms with Crippen LogP contribution in [0.3, 0.4) is 0 Å². The van der Waals surface area contributed by atoms with E-state index in [2.05, 4.69) is 4.98 Å². The molecule has 0 atom stereocenters. The Hall–Kier alpha value is -1.36. The summed E-state index contributed by atoms with van der Waals surface area (Å²) in [7, 11) is 0. The standard InChI is InChI=1S/C12H11F2NOS/c1-8-4-2-5-9-11(8)16-12(15-9)17-7-3-6-10(13)14/h2,4-6H,3,7H2,1H3. The minimum absolute atomic E-state index is 0.310. The third kappa shape index (κ3) is 3.06. The fourth-order valence-electron chi connectivity index (χ4n) is 1.44. The highest BCUT2D eigenvalue weighted by Crippen LogP contribution is 2.26. The minimum atomic E-state index is -1.64. The predicted octanol–water partition coefficient (Wildman–Crippen LogP) is 4.40. The van der Waals surface area contributed by atoms with Crippen molar-refractivity contribution in [2.75, 3.05) is 5.75 Å². The minimum Gasteiger partial charge on any atom is -0.431 e. The Bertz CT molecular complexity index is 546. The quantitative estimate of drug-likeness (QED) is 0.598. The van der Waals surface area contributed by atoms with Gasteiger partial charge < -0.3 is 4.42 Å². The highest BCUT2D eigenvalue weighted by atomic mass is 32.2. The van der Waals surface area contributed by atoms with E-state index in [4.69, 9.17) is 4.42 Å². The number of oxazole rings is 1. The molecule has 0 fully saturated rings. The van der Waals surface area contributed by atoms with Gasteiger partial charge in [0.2, 0.25) is 0 Å². The van der Waals surface area contributed by atoms with E-state index in [0.29, 0.717) is 17.4 Å². The van der Waals surface area contributed by atoms with Crippen LogP contribution in [0.2, 0.25) is 0 Å². The summed E-state index contributed by atoms with van der Waals surface area (Å²) < 4.78 is 29.1. The third-order valence-electron chi connectivity index (χ3n) is 2.23. The fraction of sp³-hybridized carbons (Fsp3) is 0.250. The van der Waals surface area contributed by atoms with Crippen molar-refractivity contribution in [3.05, 3.63) is 35.9 Å². The van der Waals surface area contributed by atoms with E-state index < -0.39 is 6.08 Å². The maximum absolute atomic E-state index is 11.8. The number of allylic oxidation sites excluding steroid dienone is 1. The molecule has 5 heteroatoms. The summed E-state index contributed by atoms with van der Waals surface area (Å²) in [5, 5.41) is 0.530. The van der Waals surface area contributed by atoms with Crippen molar-refractivity contribution in [1.82, 2.24) is 4.98 Å². The maximum Gasteiger partial charge on any atom is 0.266 e. The van der Waals surface area contributed by atoms with Crippen LogP contribution in [0.4, 0.5) is 8.78 Å². The van der Waals surface area contributed by atoms with Crippen LogP contribution in [-0.2, 0) is 0 Å². The number of halogens is 2. The van der Waals surface area contributed by atoms with Gasteiger partial charge in [-0.15, -0.1) is 0 Å². The van der Waals surface area contributed by atoms with E-state index >= 15 is 0 Å². The molecular weight excluding hydrogens is 244 g/mol. The molecule has 0 N–H and O–H groups in total. The topological polar surface area (TPSA) is 26.0 Å². The Kier molecular flexibility index (Phi) is 3.78. The third-order valence-corrected chi connectivity index (χ3v) is 3.10. The SMILES string of the molecule is Cc1cccc2nc(SCCC=C(F)F)oc12. The van der Waals surface area contributed by atoms with Crippen LogP contribution >= 0.6 is 11.8 Å². The molecule has 0 unspecified atom stereocenters. The lowest BCUT2D eigenvalue weighted by Gasteiger charge is -1.91. The Morgan fingerprint density at radius 1 is 1.47 bits per heavy atom. The lowest BCUT2D eigenvalue weighted by atomic mass is 10.2. The first-order valence-electron chi connectivity index (χ1n) is 5.17. The number of aryl methyl sites for hydroxylation is 1. The van der Waals surface area contributed by atoms with Crippen LogP contribution in [0, 0.1) is 6.92 Å². The zero-order valence-electron chi connectivity index (χ0n) is 9.24. The summed E-state index contributed by atoms with van der Waals surface area (Å²) in [6.45, 7) is 1.95. The van der Waals surface area contributed by atoms with E-state index in [-0.39, 0.29) is 0 Å². The summed E-state index contributed by atoms with van der Waals surface area (Å²) in [6, 6.07) is 5.73. The highest BCUT2D eigenvalue weighted by molar-refractivity contribution is 7.99. The average Bonchev–Trinajstić information content (AvgIpc) is 2.69. The van der Waals surface area contributed by atoms with Gasteiger partial charge in [-0.3, -0.25) is 0 Å². The van der Waals surface area contributed by atoms with Crippen LogP contribution in [0.5, 0.6) is 0 Å². The van der Waals surface area contributed by atoms with Crippen LogP contribution in [-0.4, -0.2) is 10.7 Å². The molecule has 0 spiro atoms. The van der Waals surface area contributed by atoms with E-state index in [1.165, 1.54) is 11.8 Å². The Morgan fingerprint density at radius 3 is 3.00 bits per heavy atom. The zero-order valence-corrected chi connectivity index (χ0v) is 10.1. The molecule has 1 aromatic carbocycles. The summed E-state index contributed by atoms with van der Waals surface area (Å²) in [5.74, 6) is 0.531. The van der Waals surface area contributed by atoms with Crippen molar-refractivity contribution in [2.24, 2.45) is 0 Å². The van der Waals surface area contributed by atoms with Crippen LogP contribution in [0.15, 0.2) is 40.0 Å². The average molecular weight is 255 g/mol. The van der Waals surface area contributed by atoms with Crippen molar-refractivity contribution >= 4 is 22.9 Å². The fourth-order valence-corrected chi connectivity index (χ4v) is 2.16. The first-order valence-corrected chi connectivity index (χ1v) is 6.15. The maximum atomic E-state index is 11.8. The van der Waals surface area contributed by atoms with E-state index in [1.807, 2.05) is 25.1 Å². The van der Waals surface area contributed by atoms with Crippen LogP contribution < -0.4 is 0 Å². The van der Waals surface area contributed by atoms with Gasteiger partial charge in [0.15, 0.2) is 5.58 Å². The van der Waals surface area contributed by atoms with Gasteiger partial charge in [0.05, 0.1) is 0 Å². The molecule has 0 bridgehead atoms. The number of hydrogen-bond donors (Lipinski definition) is 0. The van der Waals surface area contributed by atoms with Crippen molar-refractivity contribution in [1.29, 1.82) is 0 Å². The second-order valence-corrected chi connectivity index (χ2v) is 4.58. The van der Waals surface area contributed by atoms with Gasteiger partial charge in [0.25, 0.3) is 11.3 Å². The van der Waals surface area contributed by atoms with Crippen molar-refractivity contribution in [2.45, 2.75) is 18.6 Å².